The predicted octanol–water partition coefficient (Wildman–Crippen LogP) is 3.35. The molecule has 0 spiro atoms. The number of rotatable bonds is 7. The van der Waals surface area contributed by atoms with Gasteiger partial charge in [0.2, 0.25) is 10.0 Å². The number of nitrogens with one attached hydrogen (secondary N) is 2. The van der Waals surface area contributed by atoms with Crippen molar-refractivity contribution in [3.8, 4) is 0 Å². The van der Waals surface area contributed by atoms with Crippen LogP contribution in [0, 0.1) is 11.6 Å². The highest BCUT2D eigenvalue weighted by molar-refractivity contribution is 7.89. The van der Waals surface area contributed by atoms with Crippen LogP contribution in [-0.2, 0) is 23.1 Å². The summed E-state index contributed by atoms with van der Waals surface area (Å²) in [6.45, 7) is 1.84. The Morgan fingerprint density at radius 2 is 1.66 bits per heavy atom. The Balaban J connectivity index is 1.30. The molecule has 0 radical (unpaired) electrons. The monoisotopic (exact) mass is 517 g/mol. The summed E-state index contributed by atoms with van der Waals surface area (Å²) in [7, 11) is -3.69. The van der Waals surface area contributed by atoms with Gasteiger partial charge in [-0.25, -0.2) is 17.2 Å². The van der Waals surface area contributed by atoms with Crippen molar-refractivity contribution in [1.82, 2.24) is 19.5 Å². The molecule has 2 heterocycles. The molecule has 0 aliphatic carbocycles. The van der Waals surface area contributed by atoms with Crippen LogP contribution in [0.4, 0.5) is 14.5 Å². The third-order valence-corrected chi connectivity index (χ3v) is 7.86. The second-order valence-electron chi connectivity index (χ2n) is 8.07. The number of piperazine rings is 1. The van der Waals surface area contributed by atoms with Gasteiger partial charge in [0.1, 0.15) is 11.6 Å². The molecule has 1 fully saturated rings. The first-order chi connectivity index (χ1) is 16.8. The minimum Gasteiger partial charge on any atom is -0.358 e. The van der Waals surface area contributed by atoms with E-state index >= 15 is 0 Å². The van der Waals surface area contributed by atoms with Crippen LogP contribution in [0.1, 0.15) is 11.1 Å². The third-order valence-electron chi connectivity index (χ3n) is 5.70. The molecular formula is C24H25F2N5O2S2. The van der Waals surface area contributed by atoms with Gasteiger partial charge in [-0.15, -0.1) is 0 Å². The highest BCUT2D eigenvalue weighted by Gasteiger charge is 2.29. The summed E-state index contributed by atoms with van der Waals surface area (Å²) in [4.78, 5) is 6.07. The van der Waals surface area contributed by atoms with Crippen molar-refractivity contribution in [2.75, 3.05) is 31.5 Å². The van der Waals surface area contributed by atoms with Gasteiger partial charge in [0.15, 0.2) is 5.11 Å². The molecule has 3 aromatic rings. The smallest absolute Gasteiger partial charge is 0.243 e. The maximum absolute atomic E-state index is 13.9. The highest BCUT2D eigenvalue weighted by Crippen LogP contribution is 2.21. The third kappa shape index (κ3) is 6.37. The van der Waals surface area contributed by atoms with Gasteiger partial charge in [-0.2, -0.15) is 4.31 Å². The van der Waals surface area contributed by atoms with Crippen LogP contribution in [-0.4, -0.2) is 53.9 Å². The zero-order valence-electron chi connectivity index (χ0n) is 18.8. The number of nitrogens with zero attached hydrogens (tertiary/aromatic N) is 3. The van der Waals surface area contributed by atoms with Gasteiger partial charge < -0.3 is 10.6 Å². The van der Waals surface area contributed by atoms with E-state index in [1.807, 2.05) is 17.0 Å². The quantitative estimate of drug-likeness (QED) is 0.466. The van der Waals surface area contributed by atoms with Crippen molar-refractivity contribution in [1.29, 1.82) is 0 Å². The lowest BCUT2D eigenvalue weighted by atomic mass is 10.1. The molecule has 0 saturated carbocycles. The molecule has 35 heavy (non-hydrogen) atoms. The van der Waals surface area contributed by atoms with E-state index in [1.165, 1.54) is 34.6 Å². The van der Waals surface area contributed by atoms with Crippen LogP contribution < -0.4 is 10.6 Å². The zero-order chi connectivity index (χ0) is 24.8. The summed E-state index contributed by atoms with van der Waals surface area (Å²) in [6, 6.07) is 13.9. The van der Waals surface area contributed by atoms with Gasteiger partial charge >= 0.3 is 0 Å². The molecule has 184 valence electrons. The SMILES string of the molecule is O=S(=O)(c1ccc(NC(=S)NCc2cccnc2)cc1)N1CCN(Cc2c(F)cccc2F)CC1. The van der Waals surface area contributed by atoms with E-state index in [2.05, 4.69) is 15.6 Å². The molecule has 7 nitrogen and oxygen atoms in total. The van der Waals surface area contributed by atoms with Crippen molar-refractivity contribution < 1.29 is 17.2 Å². The Morgan fingerprint density at radius 1 is 0.971 bits per heavy atom. The van der Waals surface area contributed by atoms with Crippen LogP contribution in [0.3, 0.4) is 0 Å². The van der Waals surface area contributed by atoms with Crippen LogP contribution in [0.5, 0.6) is 0 Å². The van der Waals surface area contributed by atoms with Crippen LogP contribution in [0.2, 0.25) is 0 Å². The Labute approximate surface area is 208 Å². The first-order valence-corrected chi connectivity index (χ1v) is 12.9. The van der Waals surface area contributed by atoms with Crippen molar-refractivity contribution in [3.63, 3.8) is 0 Å². The summed E-state index contributed by atoms with van der Waals surface area (Å²) in [5.41, 5.74) is 1.64. The molecule has 0 bridgehead atoms. The van der Waals surface area contributed by atoms with E-state index in [4.69, 9.17) is 12.2 Å². The molecule has 1 aliphatic rings. The Morgan fingerprint density at radius 3 is 2.29 bits per heavy atom. The van der Waals surface area contributed by atoms with Crippen molar-refractivity contribution >= 4 is 33.0 Å². The largest absolute Gasteiger partial charge is 0.358 e. The molecule has 0 atom stereocenters. The molecule has 0 unspecified atom stereocenters. The number of thiocarbonyl (C=S) groups is 1. The predicted molar refractivity (Wildman–Crippen MR) is 134 cm³/mol. The molecule has 2 N–H and O–H groups in total. The molecule has 11 heteroatoms. The fraction of sp³-hybridized carbons (Fsp3) is 0.250. The second kappa shape index (κ2) is 11.2. The van der Waals surface area contributed by atoms with Crippen LogP contribution in [0.25, 0.3) is 0 Å². The Kier molecular flexibility index (Phi) is 8.01. The lowest BCUT2D eigenvalue weighted by molar-refractivity contribution is 0.178. The Hall–Kier alpha value is -2.99. The molecule has 4 rings (SSSR count). The average molecular weight is 518 g/mol. The summed E-state index contributed by atoms with van der Waals surface area (Å²) < 4.78 is 55.4. The fourth-order valence-corrected chi connectivity index (χ4v) is 5.37. The molecule has 1 aromatic heterocycles. The van der Waals surface area contributed by atoms with E-state index in [0.717, 1.165) is 5.56 Å². The maximum Gasteiger partial charge on any atom is 0.243 e. The van der Waals surface area contributed by atoms with E-state index in [9.17, 15) is 17.2 Å². The van der Waals surface area contributed by atoms with E-state index < -0.39 is 21.7 Å². The van der Waals surface area contributed by atoms with E-state index in [-0.39, 0.29) is 30.1 Å². The first kappa shape index (κ1) is 25.1. The first-order valence-electron chi connectivity index (χ1n) is 11.0. The van der Waals surface area contributed by atoms with Gasteiger partial charge in [-0.1, -0.05) is 12.1 Å². The maximum atomic E-state index is 13.9. The number of anilines is 1. The van der Waals surface area contributed by atoms with Crippen LogP contribution >= 0.6 is 12.2 Å². The number of sulfonamides is 1. The highest BCUT2D eigenvalue weighted by atomic mass is 32.2. The molecular weight excluding hydrogens is 492 g/mol. The summed E-state index contributed by atoms with van der Waals surface area (Å²) >= 11 is 5.30. The Bertz CT molecular complexity index is 1250. The topological polar surface area (TPSA) is 77.6 Å². The lowest BCUT2D eigenvalue weighted by Gasteiger charge is -2.34. The van der Waals surface area contributed by atoms with E-state index in [0.29, 0.717) is 30.4 Å². The van der Waals surface area contributed by atoms with Gasteiger partial charge in [-0.05, 0) is 60.2 Å². The summed E-state index contributed by atoms with van der Waals surface area (Å²) in [5.74, 6) is -1.19. The van der Waals surface area contributed by atoms with Gasteiger partial charge in [0, 0.05) is 62.9 Å². The number of hydrogen-bond acceptors (Lipinski definition) is 5. The van der Waals surface area contributed by atoms with Crippen LogP contribution in [0.15, 0.2) is 71.9 Å². The standard InChI is InChI=1S/C24H25F2N5O2S2/c25-22-4-1-5-23(26)21(22)17-30-11-13-31(14-12-30)35(32,33)20-8-6-19(7-9-20)29-24(34)28-16-18-3-2-10-27-15-18/h1-10,15H,11-14,16-17H2,(H2,28,29,34). The van der Waals surface area contributed by atoms with Crippen molar-refractivity contribution in [2.45, 2.75) is 18.0 Å². The van der Waals surface area contributed by atoms with Crippen molar-refractivity contribution in [3.05, 3.63) is 89.8 Å². The normalized spacial score (nSPS) is 15.0. The molecule has 0 amide bonds. The molecule has 1 aliphatic heterocycles. The van der Waals surface area contributed by atoms with Gasteiger partial charge in [0.25, 0.3) is 0 Å². The fourth-order valence-electron chi connectivity index (χ4n) is 3.75. The number of benzene rings is 2. The number of hydrogen-bond donors (Lipinski definition) is 2. The summed E-state index contributed by atoms with van der Waals surface area (Å²) in [5, 5.41) is 6.52. The zero-order valence-corrected chi connectivity index (χ0v) is 20.5. The minimum atomic E-state index is -3.69. The second-order valence-corrected chi connectivity index (χ2v) is 10.4. The van der Waals surface area contributed by atoms with Gasteiger partial charge in [-0.3, -0.25) is 9.88 Å². The number of halogens is 2. The summed E-state index contributed by atoms with van der Waals surface area (Å²) in [6.07, 6.45) is 3.44. The lowest BCUT2D eigenvalue weighted by Crippen LogP contribution is -2.48. The molecule has 2 aromatic carbocycles. The number of pyridine rings is 1. The van der Waals surface area contributed by atoms with Gasteiger partial charge in [0.05, 0.1) is 4.90 Å². The molecule has 1 saturated heterocycles. The van der Waals surface area contributed by atoms with E-state index in [1.54, 1.807) is 24.5 Å². The average Bonchev–Trinajstić information content (AvgIpc) is 2.86. The van der Waals surface area contributed by atoms with Crippen molar-refractivity contribution in [2.24, 2.45) is 0 Å². The number of aromatic nitrogens is 1. The minimum absolute atomic E-state index is 0.000245.